The second-order valence-corrected chi connectivity index (χ2v) is 1.55. The van der Waals surface area contributed by atoms with Gasteiger partial charge in [0.25, 0.3) is 0 Å². The zero-order chi connectivity index (χ0) is 4.99. The van der Waals surface area contributed by atoms with Crippen molar-refractivity contribution in [3.63, 3.8) is 0 Å². The van der Waals surface area contributed by atoms with Crippen molar-refractivity contribution in [2.75, 3.05) is 0 Å². The maximum absolute atomic E-state index is 4.45. The Morgan fingerprint density at radius 2 is 2.17 bits per heavy atom. The number of hydrogen-bond donors (Lipinski definition) is 0. The molecule has 0 atom stereocenters. The Morgan fingerprint density at radius 1 is 1.67 bits per heavy atom. The third kappa shape index (κ3) is 3.76. The highest BCUT2D eigenvalue weighted by Crippen LogP contribution is 1.84. The lowest BCUT2D eigenvalue weighted by molar-refractivity contribution is 0.528. The van der Waals surface area contributed by atoms with Gasteiger partial charge in [-0.25, -0.2) is 0 Å². The maximum atomic E-state index is 4.45. The molecular formula is C4H7OSi. The molecule has 0 saturated carbocycles. The van der Waals surface area contributed by atoms with Crippen LogP contribution in [0.1, 0.15) is 13.8 Å². The number of rotatable bonds is 1. The van der Waals surface area contributed by atoms with Crippen molar-refractivity contribution in [2.24, 2.45) is 0 Å². The summed E-state index contributed by atoms with van der Waals surface area (Å²) in [5, 5.41) is 0. The first-order valence-electron chi connectivity index (χ1n) is 1.73. The quantitative estimate of drug-likeness (QED) is 0.352. The van der Waals surface area contributed by atoms with Crippen LogP contribution in [0.2, 0.25) is 0 Å². The normalized spacial score (nSPS) is 7.17. The van der Waals surface area contributed by atoms with Crippen LogP contribution in [0.4, 0.5) is 0 Å². The van der Waals surface area contributed by atoms with Crippen molar-refractivity contribution in [1.82, 2.24) is 0 Å². The molecule has 0 spiro atoms. The summed E-state index contributed by atoms with van der Waals surface area (Å²) < 4.78 is 4.45. The van der Waals surface area contributed by atoms with Crippen LogP contribution in [0.3, 0.4) is 0 Å². The minimum Gasteiger partial charge on any atom is -0.546 e. The highest BCUT2D eigenvalue weighted by atomic mass is 28.2. The van der Waals surface area contributed by atoms with Crippen LogP contribution >= 0.6 is 0 Å². The average Bonchev–Trinajstić information content (AvgIpc) is 1.35. The fraction of sp³-hybridized carbons (Fsp3) is 0.500. The molecule has 6 heavy (non-hydrogen) atoms. The van der Waals surface area contributed by atoms with Gasteiger partial charge in [-0.05, 0) is 19.4 Å². The summed E-state index contributed by atoms with van der Waals surface area (Å²) >= 11 is 0. The van der Waals surface area contributed by atoms with Crippen LogP contribution < -0.4 is 0 Å². The molecule has 0 bridgehead atoms. The lowest BCUT2D eigenvalue weighted by atomic mass is 10.4. The first kappa shape index (κ1) is 5.76. The summed E-state index contributed by atoms with van der Waals surface area (Å²) in [6.07, 6.45) is 1.62. The average molecular weight is 99.2 g/mol. The first-order valence-corrected chi connectivity index (χ1v) is 2.14. The molecular weight excluding hydrogens is 92.1 g/mol. The van der Waals surface area contributed by atoms with Crippen molar-refractivity contribution >= 4 is 10.5 Å². The highest BCUT2D eigenvalue weighted by molar-refractivity contribution is 5.98. The molecule has 0 aliphatic rings. The van der Waals surface area contributed by atoms with Gasteiger partial charge in [-0.3, -0.25) is 0 Å². The molecule has 0 rings (SSSR count). The van der Waals surface area contributed by atoms with Crippen LogP contribution in [-0.4, -0.2) is 10.5 Å². The van der Waals surface area contributed by atoms with Gasteiger partial charge < -0.3 is 4.43 Å². The predicted molar refractivity (Wildman–Crippen MR) is 26.3 cm³/mol. The summed E-state index contributed by atoms with van der Waals surface area (Å²) in [5.41, 5.74) is 1.14. The molecule has 0 amide bonds. The van der Waals surface area contributed by atoms with Crippen LogP contribution in [0, 0.1) is 0 Å². The molecule has 0 aromatic carbocycles. The number of hydrogen-bond acceptors (Lipinski definition) is 1. The Labute approximate surface area is 41.6 Å². The molecule has 0 N–H and O–H groups in total. The van der Waals surface area contributed by atoms with E-state index in [-0.39, 0.29) is 0 Å². The van der Waals surface area contributed by atoms with Crippen molar-refractivity contribution in [3.05, 3.63) is 11.8 Å². The van der Waals surface area contributed by atoms with Crippen LogP contribution in [-0.2, 0) is 4.43 Å². The summed E-state index contributed by atoms with van der Waals surface area (Å²) in [6.45, 7) is 3.92. The molecule has 2 heteroatoms. The molecule has 0 heterocycles. The second kappa shape index (κ2) is 2.97. The van der Waals surface area contributed by atoms with E-state index >= 15 is 0 Å². The van der Waals surface area contributed by atoms with Crippen LogP contribution in [0.25, 0.3) is 0 Å². The smallest absolute Gasteiger partial charge is 0.340 e. The third-order valence-corrected chi connectivity index (χ3v) is 0.412. The van der Waals surface area contributed by atoms with E-state index in [1.165, 1.54) is 0 Å². The molecule has 0 aromatic rings. The van der Waals surface area contributed by atoms with Gasteiger partial charge in [0.05, 0.1) is 6.26 Å². The summed E-state index contributed by atoms with van der Waals surface area (Å²) in [5.74, 6) is 0. The fourth-order valence-electron chi connectivity index (χ4n) is 0.118. The van der Waals surface area contributed by atoms with E-state index in [1.54, 1.807) is 6.26 Å². The van der Waals surface area contributed by atoms with Gasteiger partial charge in [-0.1, -0.05) is 0 Å². The lowest BCUT2D eigenvalue weighted by Gasteiger charge is -1.84. The van der Waals surface area contributed by atoms with Crippen molar-refractivity contribution in [1.29, 1.82) is 0 Å². The van der Waals surface area contributed by atoms with Crippen LogP contribution in [0.5, 0.6) is 0 Å². The second-order valence-electron chi connectivity index (χ2n) is 1.31. The SMILES string of the molecule is CC(C)=CO[Si]. The standard InChI is InChI=1S/C4H7OSi/c1-4(2)3-5-6/h3H,1-2H3. The van der Waals surface area contributed by atoms with Crippen molar-refractivity contribution < 1.29 is 4.43 Å². The highest BCUT2D eigenvalue weighted by Gasteiger charge is 1.67. The van der Waals surface area contributed by atoms with Crippen LogP contribution in [0.15, 0.2) is 11.8 Å². The molecule has 0 unspecified atom stereocenters. The van der Waals surface area contributed by atoms with E-state index in [9.17, 15) is 0 Å². The van der Waals surface area contributed by atoms with Gasteiger partial charge in [0.2, 0.25) is 0 Å². The largest absolute Gasteiger partial charge is 0.546 e. The lowest BCUT2D eigenvalue weighted by Crippen LogP contribution is -1.69. The van der Waals surface area contributed by atoms with Gasteiger partial charge >= 0.3 is 10.5 Å². The Hall–Kier alpha value is -0.243. The minimum absolute atomic E-state index is 1.14. The fourth-order valence-corrected chi connectivity index (χ4v) is 0.354. The topological polar surface area (TPSA) is 9.23 Å². The van der Waals surface area contributed by atoms with Gasteiger partial charge in [0, 0.05) is 0 Å². The van der Waals surface area contributed by atoms with E-state index in [1.807, 2.05) is 13.8 Å². The summed E-state index contributed by atoms with van der Waals surface area (Å²) in [4.78, 5) is 0. The Kier molecular flexibility index (Phi) is 2.85. The summed E-state index contributed by atoms with van der Waals surface area (Å²) in [7, 11) is 2.82. The number of allylic oxidation sites excluding steroid dienone is 1. The van der Waals surface area contributed by atoms with Gasteiger partial charge in [0.15, 0.2) is 0 Å². The molecule has 33 valence electrons. The first-order chi connectivity index (χ1) is 2.77. The van der Waals surface area contributed by atoms with E-state index in [2.05, 4.69) is 14.9 Å². The Morgan fingerprint density at radius 3 is 2.17 bits per heavy atom. The van der Waals surface area contributed by atoms with Crippen molar-refractivity contribution in [3.8, 4) is 0 Å². The Balaban J connectivity index is 3.14. The monoisotopic (exact) mass is 99.0 g/mol. The van der Waals surface area contributed by atoms with Gasteiger partial charge in [-0.15, -0.1) is 0 Å². The molecule has 0 aliphatic heterocycles. The van der Waals surface area contributed by atoms with Gasteiger partial charge in [0.1, 0.15) is 0 Å². The maximum Gasteiger partial charge on any atom is 0.340 e. The molecule has 0 fully saturated rings. The van der Waals surface area contributed by atoms with E-state index in [4.69, 9.17) is 0 Å². The van der Waals surface area contributed by atoms with Gasteiger partial charge in [-0.2, -0.15) is 0 Å². The summed E-state index contributed by atoms with van der Waals surface area (Å²) in [6, 6.07) is 0. The van der Waals surface area contributed by atoms with Crippen molar-refractivity contribution in [2.45, 2.75) is 13.8 Å². The van der Waals surface area contributed by atoms with E-state index in [0.29, 0.717) is 0 Å². The van der Waals surface area contributed by atoms with E-state index < -0.39 is 0 Å². The molecule has 0 saturated heterocycles. The molecule has 3 radical (unpaired) electrons. The predicted octanol–water partition coefficient (Wildman–Crippen LogP) is 1.01. The Bertz CT molecular complexity index is 54.6. The zero-order valence-corrected chi connectivity index (χ0v) is 4.99. The third-order valence-electron chi connectivity index (χ3n) is 0.295. The zero-order valence-electron chi connectivity index (χ0n) is 3.99. The minimum atomic E-state index is 1.14. The molecule has 1 nitrogen and oxygen atoms in total. The molecule has 0 aliphatic carbocycles. The molecule has 0 aromatic heterocycles. The van der Waals surface area contributed by atoms with E-state index in [0.717, 1.165) is 5.57 Å².